The van der Waals surface area contributed by atoms with E-state index in [0.717, 1.165) is 55.4 Å². The van der Waals surface area contributed by atoms with E-state index in [2.05, 4.69) is 0 Å². The van der Waals surface area contributed by atoms with Crippen LogP contribution in [0.25, 0.3) is 0 Å². The minimum atomic E-state index is -0.655. The lowest BCUT2D eigenvalue weighted by atomic mass is 9.60. The highest BCUT2D eigenvalue weighted by Gasteiger charge is 2.53. The van der Waals surface area contributed by atoms with Crippen molar-refractivity contribution in [3.8, 4) is 5.75 Å². The normalized spacial score (nSPS) is 26.1. The number of nitrogens with zero attached hydrogens (tertiary/aromatic N) is 1. The van der Waals surface area contributed by atoms with Crippen molar-refractivity contribution in [1.29, 1.82) is 0 Å². The number of thioether (sulfide) groups is 1. The largest absolute Gasteiger partial charge is 0.490 e. The molecule has 2 saturated heterocycles. The topological polar surface area (TPSA) is 48.0 Å². The zero-order chi connectivity index (χ0) is 29.2. The van der Waals surface area contributed by atoms with Crippen molar-refractivity contribution in [3.63, 3.8) is 0 Å². The summed E-state index contributed by atoms with van der Waals surface area (Å²) in [4.78, 5) is 14.7. The molecule has 5 nitrogen and oxygen atoms in total. The summed E-state index contributed by atoms with van der Waals surface area (Å²) in [7, 11) is 0. The summed E-state index contributed by atoms with van der Waals surface area (Å²) in [5.74, 6) is 0.584. The summed E-state index contributed by atoms with van der Waals surface area (Å²) < 4.78 is 48.3. The van der Waals surface area contributed by atoms with Crippen LogP contribution in [0, 0.1) is 17.6 Å². The van der Waals surface area contributed by atoms with Gasteiger partial charge in [-0.05, 0) is 94.9 Å². The number of likely N-dealkylation sites (tertiary alicyclic amines) is 1. The van der Waals surface area contributed by atoms with Gasteiger partial charge in [-0.25, -0.2) is 13.6 Å². The van der Waals surface area contributed by atoms with Crippen LogP contribution >= 0.6 is 23.4 Å². The van der Waals surface area contributed by atoms with Crippen molar-refractivity contribution in [2.45, 2.75) is 82.5 Å². The second-order valence-electron chi connectivity index (χ2n) is 12.5. The summed E-state index contributed by atoms with van der Waals surface area (Å²) in [5.41, 5.74) is 0.176. The second kappa shape index (κ2) is 12.7. The molecule has 0 unspecified atom stereocenters. The molecule has 5 rings (SSSR count). The fourth-order valence-corrected chi connectivity index (χ4v) is 7.96. The number of ether oxygens (including phenoxy) is 3. The van der Waals surface area contributed by atoms with Crippen LogP contribution in [0.15, 0.2) is 36.4 Å². The van der Waals surface area contributed by atoms with E-state index in [9.17, 15) is 9.18 Å². The number of carbonyl (C=O) groups excluding carboxylic acids is 1. The van der Waals surface area contributed by atoms with Crippen molar-refractivity contribution >= 4 is 29.5 Å². The van der Waals surface area contributed by atoms with Crippen LogP contribution in [0.3, 0.4) is 0 Å². The Labute approximate surface area is 251 Å². The van der Waals surface area contributed by atoms with Gasteiger partial charge in [0.1, 0.15) is 11.4 Å². The monoisotopic (exact) mass is 607 g/mol. The number of fused-ring (bicyclic) bond motifs is 3. The molecule has 0 saturated carbocycles. The van der Waals surface area contributed by atoms with E-state index in [1.165, 1.54) is 6.07 Å². The fourth-order valence-electron chi connectivity index (χ4n) is 6.65. The number of rotatable bonds is 7. The molecule has 0 spiro atoms. The van der Waals surface area contributed by atoms with Gasteiger partial charge in [0.2, 0.25) is 0 Å². The molecule has 41 heavy (non-hydrogen) atoms. The molecule has 0 radical (unpaired) electrons. The summed E-state index contributed by atoms with van der Waals surface area (Å²) in [5, 5.41) is 0.637. The first-order valence-corrected chi connectivity index (χ1v) is 16.2. The maximum Gasteiger partial charge on any atom is 0.410 e. The van der Waals surface area contributed by atoms with E-state index < -0.39 is 22.7 Å². The molecule has 2 aromatic carbocycles. The lowest BCUT2D eigenvalue weighted by Gasteiger charge is -2.51. The molecule has 2 aromatic rings. The van der Waals surface area contributed by atoms with Gasteiger partial charge in [-0.2, -0.15) is 11.8 Å². The van der Waals surface area contributed by atoms with Crippen molar-refractivity contribution in [3.05, 3.63) is 64.2 Å². The van der Waals surface area contributed by atoms with Crippen molar-refractivity contribution < 1.29 is 27.8 Å². The van der Waals surface area contributed by atoms with Gasteiger partial charge < -0.3 is 19.1 Å². The van der Waals surface area contributed by atoms with Gasteiger partial charge in [0.05, 0.1) is 12.7 Å². The first-order chi connectivity index (χ1) is 19.6. The van der Waals surface area contributed by atoms with E-state index in [1.807, 2.05) is 61.7 Å². The molecule has 9 heteroatoms. The molecule has 0 bridgehead atoms. The fraction of sp³-hybridized carbons (Fsp3) is 0.594. The van der Waals surface area contributed by atoms with Crippen molar-refractivity contribution in [2.75, 3.05) is 31.3 Å². The number of carbonyl (C=O) groups is 1. The Morgan fingerprint density at radius 1 is 1.15 bits per heavy atom. The SMILES string of the molecule is CC(C)(C)OC(=O)N1CCCC[C@@H]1CSCC[C@@H]1OCC[C@@]2(Cc3ccc(Cl)cc3)c3c(F)ccc(F)c3OC[C@@H]12. The summed E-state index contributed by atoms with van der Waals surface area (Å²) in [6.45, 7) is 7.13. The van der Waals surface area contributed by atoms with Crippen LogP contribution in [0.1, 0.15) is 64.0 Å². The molecule has 224 valence electrons. The highest BCUT2D eigenvalue weighted by atomic mass is 35.5. The summed E-state index contributed by atoms with van der Waals surface area (Å²) in [6.07, 6.45) is 4.54. The zero-order valence-electron chi connectivity index (χ0n) is 24.1. The molecule has 3 aliphatic heterocycles. The Balaban J connectivity index is 1.30. The van der Waals surface area contributed by atoms with Gasteiger partial charge >= 0.3 is 6.09 Å². The third-order valence-electron chi connectivity index (χ3n) is 8.55. The maximum absolute atomic E-state index is 15.5. The van der Waals surface area contributed by atoms with Gasteiger partial charge in [0.15, 0.2) is 11.6 Å². The first kappa shape index (κ1) is 30.4. The molecule has 3 heterocycles. The molecule has 0 N–H and O–H groups in total. The number of halogens is 3. The Kier molecular flexibility index (Phi) is 9.41. The quantitative estimate of drug-likeness (QED) is 0.301. The Morgan fingerprint density at radius 3 is 2.66 bits per heavy atom. The van der Waals surface area contributed by atoms with Gasteiger partial charge in [0.25, 0.3) is 0 Å². The van der Waals surface area contributed by atoms with Crippen LogP contribution < -0.4 is 4.74 Å². The standard InChI is InChI=1S/C32H40ClF2NO4S/c1-31(2,3)40-30(37)36-15-5-4-6-23(36)20-41-17-13-27-24-19-39-29-26(35)12-11-25(34)28(29)32(24,14-16-38-27)18-21-7-9-22(33)10-8-21/h7-12,23-24,27H,4-6,13-20H2,1-3H3/t23-,24+,27+,32+/m1/s1. The Bertz CT molecular complexity index is 1220. The highest BCUT2D eigenvalue weighted by molar-refractivity contribution is 7.99. The second-order valence-corrected chi connectivity index (χ2v) is 14.0. The van der Waals surface area contributed by atoms with E-state index in [0.29, 0.717) is 30.0 Å². The van der Waals surface area contributed by atoms with E-state index in [4.69, 9.17) is 25.8 Å². The third kappa shape index (κ3) is 6.80. The smallest absolute Gasteiger partial charge is 0.410 e. The average molecular weight is 608 g/mol. The molecular formula is C32H40ClF2NO4S. The van der Waals surface area contributed by atoms with E-state index in [-0.39, 0.29) is 36.5 Å². The number of amides is 1. The van der Waals surface area contributed by atoms with Crippen LogP contribution in [0.2, 0.25) is 5.02 Å². The Morgan fingerprint density at radius 2 is 1.90 bits per heavy atom. The number of hydrogen-bond donors (Lipinski definition) is 0. The van der Waals surface area contributed by atoms with Crippen LogP contribution in [0.5, 0.6) is 5.75 Å². The van der Waals surface area contributed by atoms with Crippen LogP contribution in [-0.2, 0) is 21.3 Å². The Hall–Kier alpha value is -2.03. The lowest BCUT2D eigenvalue weighted by Crippen LogP contribution is -2.55. The highest BCUT2D eigenvalue weighted by Crippen LogP contribution is 2.53. The predicted molar refractivity (Wildman–Crippen MR) is 159 cm³/mol. The molecule has 4 atom stereocenters. The summed E-state index contributed by atoms with van der Waals surface area (Å²) >= 11 is 7.95. The average Bonchev–Trinajstić information content (AvgIpc) is 2.93. The van der Waals surface area contributed by atoms with Gasteiger partial charge in [0, 0.05) is 46.9 Å². The van der Waals surface area contributed by atoms with E-state index in [1.54, 1.807) is 0 Å². The molecule has 0 aliphatic carbocycles. The molecule has 0 aromatic heterocycles. The molecule has 1 amide bonds. The minimum Gasteiger partial charge on any atom is -0.490 e. The lowest BCUT2D eigenvalue weighted by molar-refractivity contribution is -0.0962. The van der Waals surface area contributed by atoms with Gasteiger partial charge in [-0.3, -0.25) is 0 Å². The van der Waals surface area contributed by atoms with Crippen LogP contribution in [0.4, 0.5) is 13.6 Å². The minimum absolute atomic E-state index is 0.0322. The number of piperidine rings is 1. The predicted octanol–water partition coefficient (Wildman–Crippen LogP) is 7.81. The van der Waals surface area contributed by atoms with Crippen molar-refractivity contribution in [1.82, 2.24) is 4.90 Å². The molecule has 3 aliphatic rings. The van der Waals surface area contributed by atoms with E-state index >= 15 is 4.39 Å². The zero-order valence-corrected chi connectivity index (χ0v) is 25.7. The van der Waals surface area contributed by atoms with Gasteiger partial charge in [-0.15, -0.1) is 0 Å². The van der Waals surface area contributed by atoms with Crippen molar-refractivity contribution in [2.24, 2.45) is 5.92 Å². The number of benzene rings is 2. The van der Waals surface area contributed by atoms with Crippen LogP contribution in [-0.4, -0.2) is 60.0 Å². The first-order valence-electron chi connectivity index (χ1n) is 14.6. The molecular weight excluding hydrogens is 568 g/mol. The number of hydrogen-bond acceptors (Lipinski definition) is 5. The molecule has 2 fully saturated rings. The maximum atomic E-state index is 15.5. The van der Waals surface area contributed by atoms with Gasteiger partial charge in [-0.1, -0.05) is 23.7 Å². The third-order valence-corrected chi connectivity index (χ3v) is 9.94. The summed E-state index contributed by atoms with van der Waals surface area (Å²) in [6, 6.07) is 10.1.